The molecule has 1 aromatic heterocycles. The van der Waals surface area contributed by atoms with Crippen molar-refractivity contribution in [2.75, 3.05) is 6.61 Å². The summed E-state index contributed by atoms with van der Waals surface area (Å²) in [5, 5.41) is 0.715. The summed E-state index contributed by atoms with van der Waals surface area (Å²) >= 11 is 0. The summed E-state index contributed by atoms with van der Waals surface area (Å²) in [5.74, 6) is 1.28. The van der Waals surface area contributed by atoms with Crippen LogP contribution >= 0.6 is 0 Å². The SMILES string of the molecule is CCOc1cccc2c(=O)cc(C3CCCC3)[nH]c12. The number of fused-ring (bicyclic) bond motifs is 1. The Kier molecular flexibility index (Phi) is 3.28. The Labute approximate surface area is 112 Å². The molecule has 1 fully saturated rings. The fourth-order valence-corrected chi connectivity index (χ4v) is 3.00. The molecule has 1 aromatic carbocycles. The van der Waals surface area contributed by atoms with E-state index >= 15 is 0 Å². The summed E-state index contributed by atoms with van der Waals surface area (Å²) in [7, 11) is 0. The quantitative estimate of drug-likeness (QED) is 0.913. The first-order chi connectivity index (χ1) is 9.29. The van der Waals surface area contributed by atoms with Crippen LogP contribution in [-0.4, -0.2) is 11.6 Å². The predicted molar refractivity (Wildman–Crippen MR) is 76.9 cm³/mol. The number of hydrogen-bond acceptors (Lipinski definition) is 2. The van der Waals surface area contributed by atoms with Gasteiger partial charge in [-0.05, 0) is 37.8 Å². The molecule has 0 radical (unpaired) electrons. The average Bonchev–Trinajstić information content (AvgIpc) is 2.94. The van der Waals surface area contributed by atoms with Crippen molar-refractivity contribution in [1.82, 2.24) is 4.98 Å². The van der Waals surface area contributed by atoms with Gasteiger partial charge in [0.2, 0.25) is 0 Å². The number of aromatic amines is 1. The molecule has 1 heterocycles. The van der Waals surface area contributed by atoms with Crippen molar-refractivity contribution in [2.24, 2.45) is 0 Å². The van der Waals surface area contributed by atoms with Crippen LogP contribution in [0.15, 0.2) is 29.1 Å². The third-order valence-electron chi connectivity index (χ3n) is 3.94. The van der Waals surface area contributed by atoms with Crippen LogP contribution in [0.4, 0.5) is 0 Å². The Morgan fingerprint density at radius 2 is 2.11 bits per heavy atom. The van der Waals surface area contributed by atoms with E-state index in [1.807, 2.05) is 25.1 Å². The molecule has 0 spiro atoms. The zero-order valence-corrected chi connectivity index (χ0v) is 11.2. The fraction of sp³-hybridized carbons (Fsp3) is 0.438. The first-order valence-electron chi connectivity index (χ1n) is 7.08. The van der Waals surface area contributed by atoms with Crippen molar-refractivity contribution in [3.8, 4) is 5.75 Å². The van der Waals surface area contributed by atoms with Crippen molar-refractivity contribution >= 4 is 10.9 Å². The van der Waals surface area contributed by atoms with Crippen LogP contribution in [0.1, 0.15) is 44.2 Å². The molecule has 3 rings (SSSR count). The summed E-state index contributed by atoms with van der Waals surface area (Å²) in [6.45, 7) is 2.56. The number of hydrogen-bond donors (Lipinski definition) is 1. The molecule has 0 atom stereocenters. The highest BCUT2D eigenvalue weighted by molar-refractivity contribution is 5.84. The number of benzene rings is 1. The van der Waals surface area contributed by atoms with Gasteiger partial charge in [-0.15, -0.1) is 0 Å². The zero-order valence-electron chi connectivity index (χ0n) is 11.2. The molecule has 19 heavy (non-hydrogen) atoms. The van der Waals surface area contributed by atoms with Crippen LogP contribution in [0, 0.1) is 0 Å². The molecule has 3 nitrogen and oxygen atoms in total. The lowest BCUT2D eigenvalue weighted by Gasteiger charge is -2.13. The Balaban J connectivity index is 2.16. The van der Waals surface area contributed by atoms with Gasteiger partial charge in [-0.2, -0.15) is 0 Å². The van der Waals surface area contributed by atoms with Gasteiger partial charge in [0.25, 0.3) is 0 Å². The monoisotopic (exact) mass is 257 g/mol. The summed E-state index contributed by atoms with van der Waals surface area (Å²) in [4.78, 5) is 15.7. The third-order valence-corrected chi connectivity index (χ3v) is 3.94. The zero-order chi connectivity index (χ0) is 13.2. The molecule has 1 N–H and O–H groups in total. The van der Waals surface area contributed by atoms with Crippen LogP contribution in [-0.2, 0) is 0 Å². The summed E-state index contributed by atoms with van der Waals surface area (Å²) in [6.07, 6.45) is 4.88. The van der Waals surface area contributed by atoms with Crippen LogP contribution in [0.3, 0.4) is 0 Å². The van der Waals surface area contributed by atoms with Gasteiger partial charge in [-0.1, -0.05) is 18.9 Å². The van der Waals surface area contributed by atoms with E-state index in [0.29, 0.717) is 17.9 Å². The fourth-order valence-electron chi connectivity index (χ4n) is 3.00. The van der Waals surface area contributed by atoms with Crippen molar-refractivity contribution in [3.63, 3.8) is 0 Å². The maximum absolute atomic E-state index is 12.2. The largest absolute Gasteiger partial charge is 0.492 e. The van der Waals surface area contributed by atoms with E-state index in [-0.39, 0.29) is 5.43 Å². The molecule has 1 aliphatic rings. The van der Waals surface area contributed by atoms with Crippen LogP contribution in [0.5, 0.6) is 5.75 Å². The second-order valence-electron chi connectivity index (χ2n) is 5.18. The maximum atomic E-state index is 12.2. The van der Waals surface area contributed by atoms with Crippen molar-refractivity contribution in [1.29, 1.82) is 0 Å². The Morgan fingerprint density at radius 3 is 2.84 bits per heavy atom. The molecule has 0 aliphatic heterocycles. The second-order valence-corrected chi connectivity index (χ2v) is 5.18. The highest BCUT2D eigenvalue weighted by atomic mass is 16.5. The molecule has 0 amide bonds. The summed E-state index contributed by atoms with van der Waals surface area (Å²) < 4.78 is 5.62. The number of ether oxygens (including phenoxy) is 1. The van der Waals surface area contributed by atoms with Gasteiger partial charge in [0, 0.05) is 17.1 Å². The molecule has 0 unspecified atom stereocenters. The molecule has 1 aliphatic carbocycles. The third kappa shape index (κ3) is 2.25. The maximum Gasteiger partial charge on any atom is 0.189 e. The molecule has 2 aromatic rings. The van der Waals surface area contributed by atoms with Gasteiger partial charge >= 0.3 is 0 Å². The number of nitrogens with one attached hydrogen (secondary N) is 1. The normalized spacial score (nSPS) is 16.1. The van der Waals surface area contributed by atoms with Gasteiger partial charge < -0.3 is 9.72 Å². The molecular formula is C16H19NO2. The minimum Gasteiger partial charge on any atom is -0.492 e. The van der Waals surface area contributed by atoms with Gasteiger partial charge in [0.1, 0.15) is 5.75 Å². The topological polar surface area (TPSA) is 42.1 Å². The Morgan fingerprint density at radius 1 is 1.32 bits per heavy atom. The lowest BCUT2D eigenvalue weighted by atomic mass is 10.0. The minimum absolute atomic E-state index is 0.0946. The van der Waals surface area contributed by atoms with Gasteiger partial charge in [0.15, 0.2) is 5.43 Å². The molecule has 0 bridgehead atoms. The molecule has 3 heteroatoms. The lowest BCUT2D eigenvalue weighted by Crippen LogP contribution is -2.08. The minimum atomic E-state index is 0.0946. The first kappa shape index (κ1) is 12.3. The first-order valence-corrected chi connectivity index (χ1v) is 7.08. The van der Waals surface area contributed by atoms with Crippen LogP contribution in [0.25, 0.3) is 10.9 Å². The van der Waals surface area contributed by atoms with Crippen LogP contribution < -0.4 is 10.2 Å². The number of para-hydroxylation sites is 1. The Bertz CT molecular complexity index is 639. The average molecular weight is 257 g/mol. The van der Waals surface area contributed by atoms with Crippen LogP contribution in [0.2, 0.25) is 0 Å². The number of aromatic nitrogens is 1. The van der Waals surface area contributed by atoms with Gasteiger partial charge in [-0.25, -0.2) is 0 Å². The summed E-state index contributed by atoms with van der Waals surface area (Å²) in [6, 6.07) is 7.42. The molecular weight excluding hydrogens is 238 g/mol. The van der Waals surface area contributed by atoms with Gasteiger partial charge in [0.05, 0.1) is 12.1 Å². The smallest absolute Gasteiger partial charge is 0.189 e. The van der Waals surface area contributed by atoms with E-state index in [9.17, 15) is 4.79 Å². The molecule has 100 valence electrons. The van der Waals surface area contributed by atoms with Crippen molar-refractivity contribution in [2.45, 2.75) is 38.5 Å². The van der Waals surface area contributed by atoms with Crippen molar-refractivity contribution in [3.05, 3.63) is 40.2 Å². The van der Waals surface area contributed by atoms with Crippen molar-refractivity contribution < 1.29 is 4.74 Å². The highest BCUT2D eigenvalue weighted by Gasteiger charge is 2.19. The highest BCUT2D eigenvalue weighted by Crippen LogP contribution is 2.33. The summed E-state index contributed by atoms with van der Waals surface area (Å²) in [5.41, 5.74) is 2.01. The Hall–Kier alpha value is -1.77. The number of H-pyrrole nitrogens is 1. The molecule has 0 saturated heterocycles. The van der Waals surface area contributed by atoms with Gasteiger partial charge in [-0.3, -0.25) is 4.79 Å². The van der Waals surface area contributed by atoms with E-state index < -0.39 is 0 Å². The lowest BCUT2D eigenvalue weighted by molar-refractivity contribution is 0.343. The number of pyridine rings is 1. The standard InChI is InChI=1S/C16H19NO2/c1-2-19-15-9-5-8-12-14(18)10-13(17-16(12)15)11-6-3-4-7-11/h5,8-11H,2-4,6-7H2,1H3,(H,17,18). The number of rotatable bonds is 3. The van der Waals surface area contributed by atoms with E-state index in [1.165, 1.54) is 25.7 Å². The van der Waals surface area contributed by atoms with E-state index in [0.717, 1.165) is 17.0 Å². The van der Waals surface area contributed by atoms with E-state index in [2.05, 4.69) is 4.98 Å². The van der Waals surface area contributed by atoms with E-state index in [1.54, 1.807) is 6.07 Å². The van der Waals surface area contributed by atoms with E-state index in [4.69, 9.17) is 4.74 Å². The second kappa shape index (κ2) is 5.08. The molecule has 1 saturated carbocycles. The predicted octanol–water partition coefficient (Wildman–Crippen LogP) is 3.58.